The SMILES string of the molecule is CCCCCCCCC[C@@H](C(=O)O)N(CC(=O)O)CC(=O)O. The lowest BCUT2D eigenvalue weighted by molar-refractivity contribution is -0.149. The van der Waals surface area contributed by atoms with Gasteiger partial charge in [0.25, 0.3) is 0 Å². The van der Waals surface area contributed by atoms with Crippen molar-refractivity contribution < 1.29 is 29.7 Å². The molecule has 1 atom stereocenters. The molecule has 0 amide bonds. The maximum absolute atomic E-state index is 11.3. The molecule has 0 heterocycles. The molecular weight excluding hydrogens is 290 g/mol. The molecule has 0 aliphatic carbocycles. The standard InChI is InChI=1S/C15H27NO6/c1-2-3-4-5-6-7-8-9-12(15(21)22)16(10-13(17)18)11-14(19)20/h12H,2-11H2,1H3,(H,17,18)(H,19,20)(H,21,22)/t12-/m0/s1. The van der Waals surface area contributed by atoms with Crippen molar-refractivity contribution in [2.24, 2.45) is 0 Å². The number of hydrogen-bond acceptors (Lipinski definition) is 4. The van der Waals surface area contributed by atoms with E-state index in [9.17, 15) is 19.5 Å². The third kappa shape index (κ3) is 10.1. The topological polar surface area (TPSA) is 115 Å². The summed E-state index contributed by atoms with van der Waals surface area (Å²) in [5, 5.41) is 26.8. The van der Waals surface area contributed by atoms with Crippen LogP contribution in [0.2, 0.25) is 0 Å². The van der Waals surface area contributed by atoms with Gasteiger partial charge >= 0.3 is 17.9 Å². The molecule has 0 saturated heterocycles. The smallest absolute Gasteiger partial charge is 0.320 e. The first kappa shape index (κ1) is 20.4. The number of carboxylic acids is 3. The lowest BCUT2D eigenvalue weighted by atomic mass is 10.0. The molecule has 3 N–H and O–H groups in total. The third-order valence-electron chi connectivity index (χ3n) is 3.48. The molecule has 0 aliphatic rings. The van der Waals surface area contributed by atoms with Gasteiger partial charge in [0.1, 0.15) is 6.04 Å². The first-order valence-electron chi connectivity index (χ1n) is 7.78. The fourth-order valence-corrected chi connectivity index (χ4v) is 2.38. The van der Waals surface area contributed by atoms with E-state index in [1.165, 1.54) is 19.3 Å². The molecular formula is C15H27NO6. The van der Waals surface area contributed by atoms with Gasteiger partial charge in [0.05, 0.1) is 13.1 Å². The lowest BCUT2D eigenvalue weighted by Crippen LogP contribution is -2.46. The van der Waals surface area contributed by atoms with Crippen molar-refractivity contribution in [1.82, 2.24) is 4.90 Å². The number of carbonyl (C=O) groups is 3. The van der Waals surface area contributed by atoms with Crippen molar-refractivity contribution in [1.29, 1.82) is 0 Å². The fourth-order valence-electron chi connectivity index (χ4n) is 2.38. The molecule has 0 radical (unpaired) electrons. The largest absolute Gasteiger partial charge is 0.480 e. The summed E-state index contributed by atoms with van der Waals surface area (Å²) >= 11 is 0. The molecule has 0 aromatic carbocycles. The Morgan fingerprint density at radius 1 is 0.818 bits per heavy atom. The van der Waals surface area contributed by atoms with Gasteiger partial charge in [0.15, 0.2) is 0 Å². The molecule has 0 bridgehead atoms. The second-order valence-electron chi connectivity index (χ2n) is 5.46. The maximum Gasteiger partial charge on any atom is 0.320 e. The van der Waals surface area contributed by atoms with Crippen LogP contribution in [0.15, 0.2) is 0 Å². The molecule has 0 saturated carbocycles. The van der Waals surface area contributed by atoms with Crippen molar-refractivity contribution in [2.75, 3.05) is 13.1 Å². The molecule has 0 aromatic heterocycles. The monoisotopic (exact) mass is 317 g/mol. The lowest BCUT2D eigenvalue weighted by Gasteiger charge is -2.25. The van der Waals surface area contributed by atoms with Crippen LogP contribution in [0.4, 0.5) is 0 Å². The molecule has 0 spiro atoms. The Morgan fingerprint density at radius 3 is 1.68 bits per heavy atom. The number of unbranched alkanes of at least 4 members (excludes halogenated alkanes) is 6. The van der Waals surface area contributed by atoms with E-state index in [-0.39, 0.29) is 6.42 Å². The van der Waals surface area contributed by atoms with Crippen LogP contribution < -0.4 is 0 Å². The molecule has 7 nitrogen and oxygen atoms in total. The van der Waals surface area contributed by atoms with Gasteiger partial charge in [-0.15, -0.1) is 0 Å². The Bertz CT molecular complexity index is 342. The van der Waals surface area contributed by atoms with Crippen molar-refractivity contribution >= 4 is 17.9 Å². The van der Waals surface area contributed by atoms with Gasteiger partial charge in [-0.2, -0.15) is 0 Å². The number of aliphatic carboxylic acids is 3. The highest BCUT2D eigenvalue weighted by molar-refractivity contribution is 5.78. The third-order valence-corrected chi connectivity index (χ3v) is 3.48. The second kappa shape index (κ2) is 12.0. The average molecular weight is 317 g/mol. The summed E-state index contributed by atoms with van der Waals surface area (Å²) < 4.78 is 0. The van der Waals surface area contributed by atoms with Gasteiger partial charge in [-0.1, -0.05) is 51.9 Å². The molecule has 0 rings (SSSR count). The van der Waals surface area contributed by atoms with Gasteiger partial charge in [0, 0.05) is 0 Å². The molecule has 128 valence electrons. The highest BCUT2D eigenvalue weighted by Gasteiger charge is 2.28. The number of hydrogen-bond donors (Lipinski definition) is 3. The van der Waals surface area contributed by atoms with Crippen molar-refractivity contribution in [3.05, 3.63) is 0 Å². The minimum absolute atomic E-state index is 0.268. The summed E-state index contributed by atoms with van der Waals surface area (Å²) in [5.74, 6) is -3.63. The van der Waals surface area contributed by atoms with E-state index in [2.05, 4.69) is 6.92 Å². The zero-order valence-electron chi connectivity index (χ0n) is 13.2. The highest BCUT2D eigenvalue weighted by atomic mass is 16.4. The van der Waals surface area contributed by atoms with Crippen LogP contribution in [-0.4, -0.2) is 57.3 Å². The Balaban J connectivity index is 4.32. The van der Waals surface area contributed by atoms with Gasteiger partial charge in [-0.25, -0.2) is 0 Å². The van der Waals surface area contributed by atoms with Crippen molar-refractivity contribution in [3.8, 4) is 0 Å². The zero-order chi connectivity index (χ0) is 17.0. The summed E-state index contributed by atoms with van der Waals surface area (Å²) in [6, 6.07) is -1.07. The van der Waals surface area contributed by atoms with E-state index in [0.29, 0.717) is 6.42 Å². The molecule has 22 heavy (non-hydrogen) atoms. The van der Waals surface area contributed by atoms with E-state index in [4.69, 9.17) is 10.2 Å². The number of rotatable bonds is 14. The predicted octanol–water partition coefficient (Wildman–Crippen LogP) is 2.05. The molecule has 0 fully saturated rings. The average Bonchev–Trinajstić information content (AvgIpc) is 2.39. The number of carboxylic acid groups (broad SMARTS) is 3. The van der Waals surface area contributed by atoms with Crippen LogP contribution in [0, 0.1) is 0 Å². The molecule has 0 aliphatic heterocycles. The fraction of sp³-hybridized carbons (Fsp3) is 0.800. The van der Waals surface area contributed by atoms with Crippen LogP contribution in [0.3, 0.4) is 0 Å². The first-order chi connectivity index (χ1) is 10.4. The van der Waals surface area contributed by atoms with Gasteiger partial charge in [0.2, 0.25) is 0 Å². The van der Waals surface area contributed by atoms with Crippen molar-refractivity contribution in [3.63, 3.8) is 0 Å². The van der Waals surface area contributed by atoms with Crippen LogP contribution >= 0.6 is 0 Å². The van der Waals surface area contributed by atoms with E-state index < -0.39 is 37.0 Å². The second-order valence-corrected chi connectivity index (χ2v) is 5.46. The van der Waals surface area contributed by atoms with E-state index >= 15 is 0 Å². The Morgan fingerprint density at radius 2 is 1.27 bits per heavy atom. The Hall–Kier alpha value is -1.63. The quantitative estimate of drug-likeness (QED) is 0.420. The minimum Gasteiger partial charge on any atom is -0.480 e. The summed E-state index contributed by atoms with van der Waals surface area (Å²) in [4.78, 5) is 33.8. The van der Waals surface area contributed by atoms with E-state index in [0.717, 1.165) is 24.2 Å². The van der Waals surface area contributed by atoms with Crippen LogP contribution in [0.25, 0.3) is 0 Å². The molecule has 0 unspecified atom stereocenters. The Labute approximate surface area is 130 Å². The van der Waals surface area contributed by atoms with Gasteiger partial charge in [-0.3, -0.25) is 19.3 Å². The van der Waals surface area contributed by atoms with Crippen LogP contribution in [0.5, 0.6) is 0 Å². The van der Waals surface area contributed by atoms with Crippen LogP contribution in [-0.2, 0) is 14.4 Å². The summed E-state index contributed by atoms with van der Waals surface area (Å²) in [6.45, 7) is 0.969. The van der Waals surface area contributed by atoms with E-state index in [1.54, 1.807) is 0 Å². The molecule has 7 heteroatoms. The van der Waals surface area contributed by atoms with Gasteiger partial charge in [-0.05, 0) is 6.42 Å². The van der Waals surface area contributed by atoms with Crippen LogP contribution in [0.1, 0.15) is 58.3 Å². The van der Waals surface area contributed by atoms with E-state index in [1.807, 2.05) is 0 Å². The summed E-state index contributed by atoms with van der Waals surface area (Å²) in [5.41, 5.74) is 0. The van der Waals surface area contributed by atoms with Gasteiger partial charge < -0.3 is 15.3 Å². The first-order valence-corrected chi connectivity index (χ1v) is 7.78. The zero-order valence-corrected chi connectivity index (χ0v) is 13.2. The predicted molar refractivity (Wildman–Crippen MR) is 80.9 cm³/mol. The summed E-state index contributed by atoms with van der Waals surface area (Å²) in [7, 11) is 0. The normalized spacial score (nSPS) is 12.3. The highest BCUT2D eigenvalue weighted by Crippen LogP contribution is 2.13. The number of nitrogens with zero attached hydrogens (tertiary/aromatic N) is 1. The maximum atomic E-state index is 11.3. The minimum atomic E-state index is -1.23. The summed E-state index contributed by atoms with van der Waals surface area (Å²) in [6.07, 6.45) is 7.46. The molecule has 0 aromatic rings. The Kier molecular flexibility index (Phi) is 11.1. The van der Waals surface area contributed by atoms with Crippen molar-refractivity contribution in [2.45, 2.75) is 64.3 Å².